The zero-order valence-corrected chi connectivity index (χ0v) is 20.7. The lowest BCUT2D eigenvalue weighted by Crippen LogP contribution is -2.26. The number of fused-ring (bicyclic) bond motifs is 1. The molecule has 1 fully saturated rings. The van der Waals surface area contributed by atoms with Gasteiger partial charge in [0.1, 0.15) is 22.5 Å². The fourth-order valence-corrected chi connectivity index (χ4v) is 4.21. The summed E-state index contributed by atoms with van der Waals surface area (Å²) in [5.41, 5.74) is 9.12. The summed E-state index contributed by atoms with van der Waals surface area (Å²) >= 11 is 6.39. The minimum absolute atomic E-state index is 0.162. The predicted molar refractivity (Wildman–Crippen MR) is 134 cm³/mol. The number of aromatic nitrogens is 5. The molecule has 10 heteroatoms. The van der Waals surface area contributed by atoms with Crippen LogP contribution in [0.1, 0.15) is 63.6 Å². The van der Waals surface area contributed by atoms with Gasteiger partial charge in [0.2, 0.25) is 5.95 Å². The molecule has 1 aliphatic rings. The Kier molecular flexibility index (Phi) is 9.08. The van der Waals surface area contributed by atoms with Gasteiger partial charge in [0.05, 0.1) is 13.7 Å². The first kappa shape index (κ1) is 25.0. The number of nitrogens with zero attached hydrogens (tertiary/aromatic N) is 5. The Morgan fingerprint density at radius 3 is 2.73 bits per heavy atom. The van der Waals surface area contributed by atoms with Crippen molar-refractivity contribution in [1.29, 1.82) is 0 Å². The van der Waals surface area contributed by atoms with Crippen LogP contribution in [-0.4, -0.2) is 51.5 Å². The predicted octanol–water partition coefficient (Wildman–Crippen LogP) is 4.22. The third-order valence-corrected chi connectivity index (χ3v) is 5.92. The smallest absolute Gasteiger partial charge is 0.222 e. The maximum atomic E-state index is 6.39. The molecule has 0 spiro atoms. The summed E-state index contributed by atoms with van der Waals surface area (Å²) in [6.07, 6.45) is 6.25. The summed E-state index contributed by atoms with van der Waals surface area (Å²) in [4.78, 5) is 13.4. The van der Waals surface area contributed by atoms with Crippen LogP contribution in [0.4, 0.5) is 11.8 Å². The number of pyridine rings is 1. The number of methoxy groups -OCH3 is 1. The number of ether oxygens (including phenoxy) is 1. The van der Waals surface area contributed by atoms with Crippen molar-refractivity contribution in [1.82, 2.24) is 30.0 Å². The first-order chi connectivity index (χ1) is 16.1. The van der Waals surface area contributed by atoms with E-state index in [0.29, 0.717) is 29.3 Å². The van der Waals surface area contributed by atoms with Gasteiger partial charge in [-0.25, -0.2) is 4.98 Å². The number of piperidine rings is 1. The fourth-order valence-electron chi connectivity index (χ4n) is 3.99. The van der Waals surface area contributed by atoms with E-state index in [1.54, 1.807) is 11.8 Å². The Bertz CT molecular complexity index is 1050. The van der Waals surface area contributed by atoms with E-state index < -0.39 is 0 Å². The second-order valence-electron chi connectivity index (χ2n) is 7.80. The molecule has 9 nitrogen and oxygen atoms in total. The van der Waals surface area contributed by atoms with Crippen LogP contribution in [0.5, 0.6) is 5.75 Å². The normalized spacial score (nSPS) is 14.1. The van der Waals surface area contributed by atoms with Gasteiger partial charge in [-0.15, -0.1) is 0 Å². The summed E-state index contributed by atoms with van der Waals surface area (Å²) in [5, 5.41) is 11.5. The second-order valence-corrected chi connectivity index (χ2v) is 8.16. The third-order valence-electron chi connectivity index (χ3n) is 5.67. The lowest BCUT2D eigenvalue weighted by molar-refractivity contribution is 0.400. The second kappa shape index (κ2) is 12.0. The average Bonchev–Trinajstić information content (AvgIpc) is 3.16. The lowest BCUT2D eigenvalue weighted by atomic mass is 9.91. The quantitative estimate of drug-likeness (QED) is 0.415. The molecule has 0 atom stereocenters. The maximum absolute atomic E-state index is 6.39. The SMILES string of the molecule is CC.CCCCNc1nc(N)nc2c(Cl)nn(Cc3ncc(C4CCNCC4)cc3OC)c12. The van der Waals surface area contributed by atoms with Crippen molar-refractivity contribution >= 4 is 34.4 Å². The highest BCUT2D eigenvalue weighted by Crippen LogP contribution is 2.31. The third kappa shape index (κ3) is 5.83. The van der Waals surface area contributed by atoms with E-state index in [1.165, 1.54) is 5.56 Å². The highest BCUT2D eigenvalue weighted by Gasteiger charge is 2.21. The highest BCUT2D eigenvalue weighted by atomic mass is 35.5. The Morgan fingerprint density at radius 1 is 1.27 bits per heavy atom. The maximum Gasteiger partial charge on any atom is 0.222 e. The van der Waals surface area contributed by atoms with Crippen molar-refractivity contribution in [2.24, 2.45) is 0 Å². The molecule has 4 N–H and O–H groups in total. The molecule has 0 amide bonds. The van der Waals surface area contributed by atoms with Crippen LogP contribution in [0.2, 0.25) is 5.15 Å². The van der Waals surface area contributed by atoms with Crippen LogP contribution in [-0.2, 0) is 6.54 Å². The van der Waals surface area contributed by atoms with Crippen molar-refractivity contribution in [2.75, 3.05) is 37.8 Å². The van der Waals surface area contributed by atoms with Gasteiger partial charge in [-0.3, -0.25) is 9.67 Å². The zero-order chi connectivity index (χ0) is 23.8. The van der Waals surface area contributed by atoms with Crippen LogP contribution in [0, 0.1) is 0 Å². The molecule has 1 saturated heterocycles. The van der Waals surface area contributed by atoms with E-state index in [9.17, 15) is 0 Å². The topological polar surface area (TPSA) is 116 Å². The van der Waals surface area contributed by atoms with Gasteiger partial charge in [-0.1, -0.05) is 38.8 Å². The molecule has 0 saturated carbocycles. The van der Waals surface area contributed by atoms with Gasteiger partial charge >= 0.3 is 0 Å². The molecule has 3 aromatic rings. The highest BCUT2D eigenvalue weighted by molar-refractivity contribution is 6.34. The molecule has 4 rings (SSSR count). The van der Waals surface area contributed by atoms with E-state index in [0.717, 1.165) is 56.8 Å². The Labute approximate surface area is 200 Å². The van der Waals surface area contributed by atoms with E-state index in [1.807, 2.05) is 20.0 Å². The van der Waals surface area contributed by atoms with Crippen molar-refractivity contribution in [3.8, 4) is 5.75 Å². The molecule has 3 aromatic heterocycles. The van der Waals surface area contributed by atoms with Crippen LogP contribution in [0.15, 0.2) is 12.3 Å². The Balaban J connectivity index is 0.00000149. The van der Waals surface area contributed by atoms with Gasteiger partial charge in [0.25, 0.3) is 0 Å². The number of rotatable bonds is 8. The summed E-state index contributed by atoms with van der Waals surface area (Å²) in [7, 11) is 1.67. The molecular formula is C23H35ClN8O. The first-order valence-corrected chi connectivity index (χ1v) is 12.2. The van der Waals surface area contributed by atoms with E-state index >= 15 is 0 Å². The van der Waals surface area contributed by atoms with E-state index in [4.69, 9.17) is 27.1 Å². The van der Waals surface area contributed by atoms with E-state index in [2.05, 4.69) is 38.7 Å². The van der Waals surface area contributed by atoms with Crippen LogP contribution in [0.25, 0.3) is 11.0 Å². The number of hydrogen-bond acceptors (Lipinski definition) is 8. The number of hydrogen-bond donors (Lipinski definition) is 3. The van der Waals surface area contributed by atoms with Gasteiger partial charge < -0.3 is 21.1 Å². The van der Waals surface area contributed by atoms with Crippen molar-refractivity contribution < 1.29 is 4.74 Å². The number of nitrogen functional groups attached to an aromatic ring is 1. The largest absolute Gasteiger partial charge is 0.495 e. The first-order valence-electron chi connectivity index (χ1n) is 11.8. The minimum Gasteiger partial charge on any atom is -0.495 e. The summed E-state index contributed by atoms with van der Waals surface area (Å²) in [5.74, 6) is 2.03. The summed E-state index contributed by atoms with van der Waals surface area (Å²) in [6.45, 7) is 9.36. The number of halogens is 1. The molecular weight excluding hydrogens is 440 g/mol. The van der Waals surface area contributed by atoms with Gasteiger partial charge in [-0.2, -0.15) is 10.1 Å². The van der Waals surface area contributed by atoms with E-state index in [-0.39, 0.29) is 11.1 Å². The van der Waals surface area contributed by atoms with Crippen LogP contribution >= 0.6 is 11.6 Å². The summed E-state index contributed by atoms with van der Waals surface area (Å²) < 4.78 is 7.44. The molecule has 0 aromatic carbocycles. The van der Waals surface area contributed by atoms with Crippen molar-refractivity contribution in [3.63, 3.8) is 0 Å². The fraction of sp³-hybridized carbons (Fsp3) is 0.565. The van der Waals surface area contributed by atoms with Crippen LogP contribution in [0.3, 0.4) is 0 Å². The molecule has 0 aliphatic carbocycles. The van der Waals surface area contributed by atoms with Gasteiger partial charge in [0, 0.05) is 12.7 Å². The van der Waals surface area contributed by atoms with Crippen molar-refractivity contribution in [3.05, 3.63) is 28.7 Å². The molecule has 1 aliphatic heterocycles. The monoisotopic (exact) mass is 474 g/mol. The number of nitrogens with two attached hydrogens (primary N) is 1. The molecule has 33 heavy (non-hydrogen) atoms. The van der Waals surface area contributed by atoms with Gasteiger partial charge in [0.15, 0.2) is 11.0 Å². The Morgan fingerprint density at radius 2 is 2.03 bits per heavy atom. The molecule has 0 bridgehead atoms. The molecule has 0 unspecified atom stereocenters. The molecule has 0 radical (unpaired) electrons. The molecule has 180 valence electrons. The Hall–Kier alpha value is -2.65. The lowest BCUT2D eigenvalue weighted by Gasteiger charge is -2.23. The van der Waals surface area contributed by atoms with Gasteiger partial charge in [-0.05, 0) is 49.9 Å². The molecule has 4 heterocycles. The number of anilines is 2. The van der Waals surface area contributed by atoms with Crippen molar-refractivity contribution in [2.45, 2.75) is 58.9 Å². The average molecular weight is 475 g/mol. The standard InChI is InChI=1S/C21H29ClN8O.C2H6/c1-3-4-7-25-20-18-17(27-21(23)28-20)19(22)29-30(18)12-15-16(31-2)10-14(11-26-15)13-5-8-24-9-6-13;1-2/h10-11,13,24H,3-9,12H2,1-2H3,(H3,23,25,27,28);1-2H3. The summed E-state index contributed by atoms with van der Waals surface area (Å²) in [6, 6.07) is 2.10. The zero-order valence-electron chi connectivity index (χ0n) is 20.0. The minimum atomic E-state index is 0.162. The van der Waals surface area contributed by atoms with Crippen LogP contribution < -0.4 is 21.1 Å². The number of nitrogens with one attached hydrogen (secondary N) is 2. The number of unbranched alkanes of at least 4 members (excludes halogenated alkanes) is 1.